The molecule has 0 aliphatic heterocycles. The van der Waals surface area contributed by atoms with Gasteiger partial charge in [0.15, 0.2) is 0 Å². The Labute approximate surface area is 139 Å². The van der Waals surface area contributed by atoms with Crippen LogP contribution in [0.25, 0.3) is 11.4 Å². The summed E-state index contributed by atoms with van der Waals surface area (Å²) in [5, 5.41) is 15.8. The number of tetrazole rings is 1. The standard InChI is InChI=1S/C15H19ClN6O/c16-11-3-1-10(2-4-11)15-19-21-22(20-15)9-14(23)18-13-7-5-12(17)6-8-13/h1-4,12-13H,5-9,17H2,(H,18,23). The fourth-order valence-electron chi connectivity index (χ4n) is 2.69. The lowest BCUT2D eigenvalue weighted by molar-refractivity contribution is -0.123. The zero-order valence-corrected chi connectivity index (χ0v) is 13.4. The minimum absolute atomic E-state index is 0.0587. The van der Waals surface area contributed by atoms with Crippen LogP contribution in [0.15, 0.2) is 24.3 Å². The Bertz CT molecular complexity index is 663. The number of nitrogens with two attached hydrogens (primary N) is 1. The molecular weight excluding hydrogens is 316 g/mol. The van der Waals surface area contributed by atoms with E-state index in [1.165, 1.54) is 4.80 Å². The molecule has 122 valence electrons. The van der Waals surface area contributed by atoms with Gasteiger partial charge < -0.3 is 11.1 Å². The van der Waals surface area contributed by atoms with Crippen LogP contribution < -0.4 is 11.1 Å². The molecule has 0 bridgehead atoms. The summed E-state index contributed by atoms with van der Waals surface area (Å²) >= 11 is 5.85. The number of halogens is 1. The molecule has 1 aromatic carbocycles. The number of hydrogen-bond donors (Lipinski definition) is 2. The van der Waals surface area contributed by atoms with Gasteiger partial charge in [-0.05, 0) is 55.2 Å². The largest absolute Gasteiger partial charge is 0.352 e. The van der Waals surface area contributed by atoms with Crippen molar-refractivity contribution in [1.82, 2.24) is 25.5 Å². The lowest BCUT2D eigenvalue weighted by Crippen LogP contribution is -2.41. The van der Waals surface area contributed by atoms with Crippen LogP contribution in [0.3, 0.4) is 0 Å². The van der Waals surface area contributed by atoms with E-state index in [4.69, 9.17) is 17.3 Å². The molecule has 1 aliphatic rings. The lowest BCUT2D eigenvalue weighted by atomic mass is 9.92. The molecule has 1 heterocycles. The van der Waals surface area contributed by atoms with Gasteiger partial charge in [-0.2, -0.15) is 4.80 Å². The zero-order chi connectivity index (χ0) is 16.2. The van der Waals surface area contributed by atoms with Crippen molar-refractivity contribution in [2.45, 2.75) is 44.3 Å². The molecule has 0 spiro atoms. The third kappa shape index (κ3) is 4.27. The monoisotopic (exact) mass is 334 g/mol. The number of aromatic nitrogens is 4. The highest BCUT2D eigenvalue weighted by Crippen LogP contribution is 2.18. The second-order valence-electron chi connectivity index (χ2n) is 5.83. The van der Waals surface area contributed by atoms with Crippen LogP contribution in [-0.4, -0.2) is 38.2 Å². The van der Waals surface area contributed by atoms with Gasteiger partial charge in [0.05, 0.1) is 0 Å². The van der Waals surface area contributed by atoms with E-state index in [0.29, 0.717) is 10.8 Å². The molecular formula is C15H19ClN6O. The van der Waals surface area contributed by atoms with E-state index in [9.17, 15) is 4.79 Å². The third-order valence-electron chi connectivity index (χ3n) is 3.98. The van der Waals surface area contributed by atoms with Crippen molar-refractivity contribution in [2.75, 3.05) is 0 Å². The van der Waals surface area contributed by atoms with Crippen LogP contribution in [-0.2, 0) is 11.3 Å². The molecule has 3 N–H and O–H groups in total. The van der Waals surface area contributed by atoms with Gasteiger partial charge in [0, 0.05) is 22.7 Å². The van der Waals surface area contributed by atoms with Gasteiger partial charge in [0.1, 0.15) is 6.54 Å². The molecule has 1 aromatic heterocycles. The van der Waals surface area contributed by atoms with Crippen molar-refractivity contribution in [3.05, 3.63) is 29.3 Å². The zero-order valence-electron chi connectivity index (χ0n) is 12.7. The predicted octanol–water partition coefficient (Wildman–Crippen LogP) is 1.38. The van der Waals surface area contributed by atoms with Crippen molar-refractivity contribution < 1.29 is 4.79 Å². The highest BCUT2D eigenvalue weighted by atomic mass is 35.5. The third-order valence-corrected chi connectivity index (χ3v) is 4.23. The number of hydrogen-bond acceptors (Lipinski definition) is 5. The normalized spacial score (nSPS) is 21.1. The van der Waals surface area contributed by atoms with E-state index < -0.39 is 0 Å². The summed E-state index contributed by atoms with van der Waals surface area (Å²) in [5.74, 6) is 0.364. The molecule has 23 heavy (non-hydrogen) atoms. The molecule has 1 aliphatic carbocycles. The summed E-state index contributed by atoms with van der Waals surface area (Å²) in [6, 6.07) is 7.61. The number of nitrogens with one attached hydrogen (secondary N) is 1. The van der Waals surface area contributed by atoms with Crippen LogP contribution in [0.4, 0.5) is 0 Å². The maximum Gasteiger partial charge on any atom is 0.243 e. The lowest BCUT2D eigenvalue weighted by Gasteiger charge is -2.26. The number of nitrogens with zero attached hydrogens (tertiary/aromatic N) is 4. The van der Waals surface area contributed by atoms with E-state index in [1.807, 2.05) is 12.1 Å². The van der Waals surface area contributed by atoms with Crippen molar-refractivity contribution in [3.8, 4) is 11.4 Å². The number of rotatable bonds is 4. The Balaban J connectivity index is 1.56. The second-order valence-corrected chi connectivity index (χ2v) is 6.27. The maximum absolute atomic E-state index is 12.1. The molecule has 1 amide bonds. The Morgan fingerprint density at radius 2 is 1.96 bits per heavy atom. The van der Waals surface area contributed by atoms with Crippen LogP contribution in [0.5, 0.6) is 0 Å². The number of carbonyl (C=O) groups is 1. The fraction of sp³-hybridized carbons (Fsp3) is 0.467. The first kappa shape index (κ1) is 15.9. The Morgan fingerprint density at radius 3 is 2.65 bits per heavy atom. The number of amides is 1. The Hall–Kier alpha value is -1.99. The fourth-order valence-corrected chi connectivity index (χ4v) is 2.82. The van der Waals surface area contributed by atoms with E-state index in [0.717, 1.165) is 31.2 Å². The van der Waals surface area contributed by atoms with Crippen LogP contribution in [0.1, 0.15) is 25.7 Å². The summed E-state index contributed by atoms with van der Waals surface area (Å²) in [4.78, 5) is 13.4. The van der Waals surface area contributed by atoms with Crippen molar-refractivity contribution in [3.63, 3.8) is 0 Å². The molecule has 7 nitrogen and oxygen atoms in total. The topological polar surface area (TPSA) is 98.7 Å². The van der Waals surface area contributed by atoms with Crippen molar-refractivity contribution in [2.24, 2.45) is 5.73 Å². The van der Waals surface area contributed by atoms with Gasteiger partial charge in [-0.3, -0.25) is 4.79 Å². The molecule has 0 atom stereocenters. The van der Waals surface area contributed by atoms with Gasteiger partial charge >= 0.3 is 0 Å². The van der Waals surface area contributed by atoms with Gasteiger partial charge in [-0.25, -0.2) is 0 Å². The Morgan fingerprint density at radius 1 is 1.26 bits per heavy atom. The molecule has 1 fully saturated rings. The summed E-state index contributed by atoms with van der Waals surface area (Å²) in [5.41, 5.74) is 6.67. The summed E-state index contributed by atoms with van der Waals surface area (Å²) in [6.07, 6.45) is 3.75. The molecule has 2 aromatic rings. The van der Waals surface area contributed by atoms with E-state index in [2.05, 4.69) is 20.7 Å². The molecule has 0 unspecified atom stereocenters. The average molecular weight is 335 g/mol. The first-order valence-corrected chi connectivity index (χ1v) is 8.06. The molecule has 0 radical (unpaired) electrons. The predicted molar refractivity (Wildman–Crippen MR) is 86.6 cm³/mol. The van der Waals surface area contributed by atoms with Crippen molar-refractivity contribution in [1.29, 1.82) is 0 Å². The smallest absolute Gasteiger partial charge is 0.243 e. The molecule has 3 rings (SSSR count). The van der Waals surface area contributed by atoms with Gasteiger partial charge in [0.2, 0.25) is 11.7 Å². The SMILES string of the molecule is NC1CCC(NC(=O)Cn2nnc(-c3ccc(Cl)cc3)n2)CC1. The summed E-state index contributed by atoms with van der Waals surface area (Å²) in [7, 11) is 0. The number of benzene rings is 1. The second kappa shape index (κ2) is 7.06. The van der Waals surface area contributed by atoms with Crippen LogP contribution >= 0.6 is 11.6 Å². The van der Waals surface area contributed by atoms with E-state index in [1.54, 1.807) is 12.1 Å². The van der Waals surface area contributed by atoms with Gasteiger partial charge in [-0.15, -0.1) is 10.2 Å². The maximum atomic E-state index is 12.1. The van der Waals surface area contributed by atoms with Crippen LogP contribution in [0.2, 0.25) is 5.02 Å². The minimum atomic E-state index is -0.106. The average Bonchev–Trinajstić information content (AvgIpc) is 2.98. The minimum Gasteiger partial charge on any atom is -0.352 e. The van der Waals surface area contributed by atoms with E-state index >= 15 is 0 Å². The first-order chi connectivity index (χ1) is 11.1. The van der Waals surface area contributed by atoms with Gasteiger partial charge in [-0.1, -0.05) is 11.6 Å². The highest BCUT2D eigenvalue weighted by molar-refractivity contribution is 6.30. The number of carbonyl (C=O) groups excluding carboxylic acids is 1. The summed E-state index contributed by atoms with van der Waals surface area (Å²) in [6.45, 7) is 0.0587. The molecule has 8 heteroatoms. The summed E-state index contributed by atoms with van der Waals surface area (Å²) < 4.78 is 0. The van der Waals surface area contributed by atoms with Crippen LogP contribution in [0, 0.1) is 0 Å². The highest BCUT2D eigenvalue weighted by Gasteiger charge is 2.20. The first-order valence-electron chi connectivity index (χ1n) is 7.69. The van der Waals surface area contributed by atoms with Crippen molar-refractivity contribution >= 4 is 17.5 Å². The molecule has 0 saturated heterocycles. The van der Waals surface area contributed by atoms with Gasteiger partial charge in [0.25, 0.3) is 0 Å². The molecule has 1 saturated carbocycles. The Kier molecular flexibility index (Phi) is 4.88. The quantitative estimate of drug-likeness (QED) is 0.880. The van der Waals surface area contributed by atoms with E-state index in [-0.39, 0.29) is 24.5 Å².